The van der Waals surface area contributed by atoms with Crippen molar-refractivity contribution in [2.45, 2.75) is 13.0 Å². The molecule has 1 N–H and O–H groups in total. The molecule has 0 aliphatic rings. The van der Waals surface area contributed by atoms with E-state index in [0.29, 0.717) is 23.9 Å². The van der Waals surface area contributed by atoms with Crippen molar-refractivity contribution in [3.63, 3.8) is 0 Å². The van der Waals surface area contributed by atoms with Gasteiger partial charge >= 0.3 is 0 Å². The van der Waals surface area contributed by atoms with Crippen LogP contribution in [-0.2, 0) is 0 Å². The second-order valence-electron chi connectivity index (χ2n) is 4.61. The molecule has 0 heterocycles. The largest absolute Gasteiger partial charge is 0.491 e. The van der Waals surface area contributed by atoms with E-state index < -0.39 is 6.10 Å². The Hall–Kier alpha value is -2.27. The van der Waals surface area contributed by atoms with Gasteiger partial charge in [0.1, 0.15) is 30.9 Å². The van der Waals surface area contributed by atoms with Crippen molar-refractivity contribution in [1.29, 1.82) is 0 Å². The molecule has 4 nitrogen and oxygen atoms in total. The molecule has 1 unspecified atom stereocenters. The van der Waals surface area contributed by atoms with Crippen LogP contribution in [0.25, 0.3) is 0 Å². The molecule has 0 saturated carbocycles. The Bertz CT molecular complexity index is 571. The molecule has 0 amide bonds. The molecular formula is C17H19FO4. The number of rotatable bonds is 8. The summed E-state index contributed by atoms with van der Waals surface area (Å²) in [5.74, 6) is 1.38. The molecule has 2 aromatic rings. The second kappa shape index (κ2) is 8.24. The maximum atomic E-state index is 12.8. The number of hydrogen-bond acceptors (Lipinski definition) is 4. The van der Waals surface area contributed by atoms with Gasteiger partial charge in [0.05, 0.1) is 6.61 Å². The highest BCUT2D eigenvalue weighted by molar-refractivity contribution is 5.39. The van der Waals surface area contributed by atoms with Gasteiger partial charge < -0.3 is 19.3 Å². The molecule has 5 heteroatoms. The number of hydrogen-bond donors (Lipinski definition) is 1. The summed E-state index contributed by atoms with van der Waals surface area (Å²) >= 11 is 0. The molecule has 0 aliphatic heterocycles. The zero-order chi connectivity index (χ0) is 15.8. The van der Waals surface area contributed by atoms with Gasteiger partial charge in [-0.25, -0.2) is 4.39 Å². The highest BCUT2D eigenvalue weighted by Gasteiger charge is 2.09. The number of aliphatic hydroxyl groups is 1. The number of para-hydroxylation sites is 2. The number of halogens is 1. The van der Waals surface area contributed by atoms with E-state index in [1.807, 2.05) is 19.1 Å². The van der Waals surface area contributed by atoms with E-state index in [2.05, 4.69) is 0 Å². The summed E-state index contributed by atoms with van der Waals surface area (Å²) in [4.78, 5) is 0. The topological polar surface area (TPSA) is 47.9 Å². The fourth-order valence-electron chi connectivity index (χ4n) is 1.80. The molecule has 2 aromatic carbocycles. The Kier molecular flexibility index (Phi) is 6.03. The number of aliphatic hydroxyl groups excluding tert-OH is 1. The van der Waals surface area contributed by atoms with Gasteiger partial charge in [0.25, 0.3) is 0 Å². The average Bonchev–Trinajstić information content (AvgIpc) is 2.54. The summed E-state index contributed by atoms with van der Waals surface area (Å²) in [6.07, 6.45) is -0.806. The van der Waals surface area contributed by atoms with E-state index in [9.17, 15) is 9.50 Å². The van der Waals surface area contributed by atoms with Gasteiger partial charge in [-0.2, -0.15) is 0 Å². The Morgan fingerprint density at radius 2 is 1.50 bits per heavy atom. The Morgan fingerprint density at radius 3 is 2.14 bits per heavy atom. The first-order chi connectivity index (χ1) is 10.7. The van der Waals surface area contributed by atoms with Gasteiger partial charge in [-0.3, -0.25) is 0 Å². The highest BCUT2D eigenvalue weighted by Crippen LogP contribution is 2.26. The van der Waals surface area contributed by atoms with Gasteiger partial charge in [-0.15, -0.1) is 0 Å². The summed E-state index contributed by atoms with van der Waals surface area (Å²) in [6, 6.07) is 12.9. The third-order valence-corrected chi connectivity index (χ3v) is 2.84. The molecule has 2 rings (SSSR count). The van der Waals surface area contributed by atoms with E-state index in [1.54, 1.807) is 12.1 Å². The van der Waals surface area contributed by atoms with E-state index in [4.69, 9.17) is 14.2 Å². The summed E-state index contributed by atoms with van der Waals surface area (Å²) in [5.41, 5.74) is 0. The molecule has 22 heavy (non-hydrogen) atoms. The van der Waals surface area contributed by atoms with Gasteiger partial charge in [0.2, 0.25) is 0 Å². The minimum absolute atomic E-state index is 0.0580. The normalized spacial score (nSPS) is 11.8. The Labute approximate surface area is 129 Å². The Balaban J connectivity index is 1.80. The molecule has 0 bridgehead atoms. The van der Waals surface area contributed by atoms with Crippen molar-refractivity contribution in [1.82, 2.24) is 0 Å². The third kappa shape index (κ3) is 4.93. The van der Waals surface area contributed by atoms with Gasteiger partial charge in [-0.05, 0) is 43.3 Å². The minimum atomic E-state index is -0.806. The van der Waals surface area contributed by atoms with Crippen LogP contribution in [0.3, 0.4) is 0 Å². The zero-order valence-corrected chi connectivity index (χ0v) is 12.4. The van der Waals surface area contributed by atoms with Crippen molar-refractivity contribution in [3.8, 4) is 17.2 Å². The first kappa shape index (κ1) is 16.1. The first-order valence-electron chi connectivity index (χ1n) is 7.10. The molecule has 0 radical (unpaired) electrons. The summed E-state index contributed by atoms with van der Waals surface area (Å²) in [6.45, 7) is 2.56. The van der Waals surface area contributed by atoms with Crippen LogP contribution in [0.5, 0.6) is 17.2 Å². The van der Waals surface area contributed by atoms with Crippen LogP contribution in [0.2, 0.25) is 0 Å². The van der Waals surface area contributed by atoms with Gasteiger partial charge in [-0.1, -0.05) is 12.1 Å². The van der Waals surface area contributed by atoms with E-state index in [0.717, 1.165) is 0 Å². The lowest BCUT2D eigenvalue weighted by Crippen LogP contribution is -2.25. The van der Waals surface area contributed by atoms with Gasteiger partial charge in [0, 0.05) is 0 Å². The SMILES string of the molecule is CCOc1ccccc1OCC(O)COc1ccc(F)cc1. The van der Waals surface area contributed by atoms with Crippen LogP contribution >= 0.6 is 0 Å². The molecule has 1 atom stereocenters. The third-order valence-electron chi connectivity index (χ3n) is 2.84. The number of benzene rings is 2. The van der Waals surface area contributed by atoms with Crippen molar-refractivity contribution in [2.24, 2.45) is 0 Å². The van der Waals surface area contributed by atoms with Crippen molar-refractivity contribution >= 4 is 0 Å². The number of ether oxygens (including phenoxy) is 3. The summed E-state index contributed by atoms with van der Waals surface area (Å²) < 4.78 is 29.1. The molecule has 118 valence electrons. The highest BCUT2D eigenvalue weighted by atomic mass is 19.1. The molecule has 0 fully saturated rings. The predicted octanol–water partition coefficient (Wildman–Crippen LogP) is 3.04. The van der Waals surface area contributed by atoms with Crippen LogP contribution in [0, 0.1) is 5.82 Å². The minimum Gasteiger partial charge on any atom is -0.491 e. The molecule has 0 spiro atoms. The summed E-state index contributed by atoms with van der Waals surface area (Å²) in [5, 5.41) is 9.88. The van der Waals surface area contributed by atoms with E-state index in [1.165, 1.54) is 24.3 Å². The zero-order valence-electron chi connectivity index (χ0n) is 12.4. The maximum Gasteiger partial charge on any atom is 0.161 e. The standard InChI is InChI=1S/C17H19FO4/c1-2-20-16-5-3-4-6-17(16)22-12-14(19)11-21-15-9-7-13(18)8-10-15/h3-10,14,19H,2,11-12H2,1H3. The maximum absolute atomic E-state index is 12.8. The fourth-order valence-corrected chi connectivity index (χ4v) is 1.80. The lowest BCUT2D eigenvalue weighted by atomic mass is 10.3. The Morgan fingerprint density at radius 1 is 0.909 bits per heavy atom. The van der Waals surface area contributed by atoms with Crippen molar-refractivity contribution < 1.29 is 23.7 Å². The lowest BCUT2D eigenvalue weighted by molar-refractivity contribution is 0.0614. The molecule has 0 saturated heterocycles. The quantitative estimate of drug-likeness (QED) is 0.814. The molecule has 0 aliphatic carbocycles. The average molecular weight is 306 g/mol. The molecule has 0 aromatic heterocycles. The van der Waals surface area contributed by atoms with Crippen molar-refractivity contribution in [2.75, 3.05) is 19.8 Å². The van der Waals surface area contributed by atoms with Crippen LogP contribution < -0.4 is 14.2 Å². The second-order valence-corrected chi connectivity index (χ2v) is 4.61. The first-order valence-corrected chi connectivity index (χ1v) is 7.10. The van der Waals surface area contributed by atoms with E-state index in [-0.39, 0.29) is 19.0 Å². The monoisotopic (exact) mass is 306 g/mol. The van der Waals surface area contributed by atoms with E-state index >= 15 is 0 Å². The van der Waals surface area contributed by atoms with Gasteiger partial charge in [0.15, 0.2) is 11.5 Å². The fraction of sp³-hybridized carbons (Fsp3) is 0.294. The lowest BCUT2D eigenvalue weighted by Gasteiger charge is -2.15. The molecular weight excluding hydrogens is 287 g/mol. The van der Waals surface area contributed by atoms with Crippen LogP contribution in [0.15, 0.2) is 48.5 Å². The van der Waals surface area contributed by atoms with Crippen molar-refractivity contribution in [3.05, 3.63) is 54.3 Å². The predicted molar refractivity (Wildman–Crippen MR) is 81.0 cm³/mol. The van der Waals surface area contributed by atoms with Crippen LogP contribution in [0.4, 0.5) is 4.39 Å². The smallest absolute Gasteiger partial charge is 0.161 e. The van der Waals surface area contributed by atoms with Crippen LogP contribution in [0.1, 0.15) is 6.92 Å². The van der Waals surface area contributed by atoms with Crippen LogP contribution in [-0.4, -0.2) is 31.0 Å². The summed E-state index contributed by atoms with van der Waals surface area (Å²) in [7, 11) is 0.